The fourth-order valence-electron chi connectivity index (χ4n) is 2.96. The molecule has 1 fully saturated rings. The number of thioether (sulfide) groups is 1. The highest BCUT2D eigenvalue weighted by Gasteiger charge is 2.35. The Hall–Kier alpha value is -2.19. The summed E-state index contributed by atoms with van der Waals surface area (Å²) < 4.78 is 44.9. The van der Waals surface area contributed by atoms with E-state index in [0.29, 0.717) is 25.3 Å². The molecule has 0 aliphatic carbocycles. The second kappa shape index (κ2) is 8.87. The van der Waals surface area contributed by atoms with Crippen LogP contribution in [0.5, 0.6) is 5.75 Å². The number of likely N-dealkylation sites (tertiary alicyclic amines) is 1. The molecule has 1 aliphatic rings. The molecule has 8 heteroatoms. The van der Waals surface area contributed by atoms with Gasteiger partial charge in [0.2, 0.25) is 0 Å². The SMILES string of the molecule is O=C(COc1ccc(CO)cc1)N1CC[C@H](Sc2ccccc2C(F)(F)F)C1. The number of amides is 1. The molecule has 0 radical (unpaired) electrons. The predicted molar refractivity (Wildman–Crippen MR) is 100 cm³/mol. The maximum absolute atomic E-state index is 13.1. The van der Waals surface area contributed by atoms with Gasteiger partial charge < -0.3 is 14.7 Å². The van der Waals surface area contributed by atoms with Gasteiger partial charge in [-0.3, -0.25) is 4.79 Å². The van der Waals surface area contributed by atoms with Crippen molar-refractivity contribution in [2.24, 2.45) is 0 Å². The molecule has 150 valence electrons. The minimum Gasteiger partial charge on any atom is -0.484 e. The summed E-state index contributed by atoms with van der Waals surface area (Å²) >= 11 is 1.17. The van der Waals surface area contributed by atoms with Crippen LogP contribution >= 0.6 is 11.8 Å². The van der Waals surface area contributed by atoms with Crippen LogP contribution in [0.15, 0.2) is 53.4 Å². The Morgan fingerprint density at radius 2 is 1.89 bits per heavy atom. The molecule has 4 nitrogen and oxygen atoms in total. The molecule has 28 heavy (non-hydrogen) atoms. The first kappa shape index (κ1) is 20.5. The van der Waals surface area contributed by atoms with Crippen LogP contribution in [0.4, 0.5) is 13.2 Å². The quantitative estimate of drug-likeness (QED) is 0.782. The van der Waals surface area contributed by atoms with Crippen molar-refractivity contribution in [2.75, 3.05) is 19.7 Å². The average molecular weight is 411 g/mol. The molecule has 2 aromatic rings. The molecule has 0 saturated carbocycles. The molecular weight excluding hydrogens is 391 g/mol. The van der Waals surface area contributed by atoms with E-state index >= 15 is 0 Å². The van der Waals surface area contributed by atoms with E-state index in [0.717, 1.165) is 11.6 Å². The Bertz CT molecular complexity index is 811. The van der Waals surface area contributed by atoms with Gasteiger partial charge >= 0.3 is 6.18 Å². The molecule has 0 aromatic heterocycles. The van der Waals surface area contributed by atoms with Gasteiger partial charge in [0.25, 0.3) is 5.91 Å². The van der Waals surface area contributed by atoms with Gasteiger partial charge in [-0.25, -0.2) is 0 Å². The summed E-state index contributed by atoms with van der Waals surface area (Å²) in [5.41, 5.74) is 0.108. The van der Waals surface area contributed by atoms with Gasteiger partial charge in [-0.15, -0.1) is 11.8 Å². The molecule has 2 aromatic carbocycles. The van der Waals surface area contributed by atoms with E-state index in [-0.39, 0.29) is 29.3 Å². The molecule has 0 spiro atoms. The second-order valence-corrected chi connectivity index (χ2v) is 7.80. The lowest BCUT2D eigenvalue weighted by Gasteiger charge is -2.18. The van der Waals surface area contributed by atoms with E-state index in [9.17, 15) is 18.0 Å². The third-order valence-corrected chi connectivity index (χ3v) is 5.78. The van der Waals surface area contributed by atoms with E-state index in [1.807, 2.05) is 0 Å². The number of hydrogen-bond acceptors (Lipinski definition) is 4. The number of aliphatic hydroxyl groups excluding tert-OH is 1. The molecule has 1 N–H and O–H groups in total. The van der Waals surface area contributed by atoms with Crippen LogP contribution in [0.2, 0.25) is 0 Å². The summed E-state index contributed by atoms with van der Waals surface area (Å²) in [7, 11) is 0. The summed E-state index contributed by atoms with van der Waals surface area (Å²) in [5.74, 6) is 0.327. The molecule has 0 unspecified atom stereocenters. The van der Waals surface area contributed by atoms with Gasteiger partial charge in [0.15, 0.2) is 6.61 Å². The van der Waals surface area contributed by atoms with Crippen molar-refractivity contribution in [2.45, 2.75) is 29.3 Å². The van der Waals surface area contributed by atoms with Crippen molar-refractivity contribution in [1.82, 2.24) is 4.90 Å². The Morgan fingerprint density at radius 3 is 2.57 bits per heavy atom. The zero-order chi connectivity index (χ0) is 20.1. The van der Waals surface area contributed by atoms with Crippen molar-refractivity contribution < 1.29 is 27.8 Å². The Labute approximate surface area is 165 Å². The predicted octanol–water partition coefficient (Wildman–Crippen LogP) is 3.97. The topological polar surface area (TPSA) is 49.8 Å². The number of carbonyl (C=O) groups excluding carboxylic acids is 1. The second-order valence-electron chi connectivity index (χ2n) is 6.45. The van der Waals surface area contributed by atoms with Gasteiger partial charge in [-0.05, 0) is 36.2 Å². The number of ether oxygens (including phenoxy) is 1. The zero-order valence-corrected chi connectivity index (χ0v) is 15.8. The van der Waals surface area contributed by atoms with Crippen molar-refractivity contribution in [3.8, 4) is 5.75 Å². The molecule has 0 bridgehead atoms. The fourth-order valence-corrected chi connectivity index (χ4v) is 4.27. The lowest BCUT2D eigenvalue weighted by molar-refractivity contribution is -0.139. The van der Waals surface area contributed by atoms with Crippen LogP contribution < -0.4 is 4.74 Å². The van der Waals surface area contributed by atoms with Crippen LogP contribution in [0.3, 0.4) is 0 Å². The molecule has 1 atom stereocenters. The van der Waals surface area contributed by atoms with Crippen LogP contribution in [0, 0.1) is 0 Å². The first-order valence-electron chi connectivity index (χ1n) is 8.80. The minimum absolute atomic E-state index is 0.0660. The van der Waals surface area contributed by atoms with Gasteiger partial charge in [0.1, 0.15) is 5.75 Å². The monoisotopic (exact) mass is 411 g/mol. The van der Waals surface area contributed by atoms with Crippen LogP contribution in [0.1, 0.15) is 17.5 Å². The third-order valence-electron chi connectivity index (χ3n) is 4.45. The van der Waals surface area contributed by atoms with E-state index in [4.69, 9.17) is 9.84 Å². The maximum Gasteiger partial charge on any atom is 0.417 e. The largest absolute Gasteiger partial charge is 0.484 e. The lowest BCUT2D eigenvalue weighted by Crippen LogP contribution is -2.33. The molecule has 1 amide bonds. The number of alkyl halides is 3. The number of nitrogens with zero attached hydrogens (tertiary/aromatic N) is 1. The van der Waals surface area contributed by atoms with Crippen molar-refractivity contribution in [3.05, 3.63) is 59.7 Å². The van der Waals surface area contributed by atoms with E-state index in [2.05, 4.69) is 0 Å². The minimum atomic E-state index is -4.39. The van der Waals surface area contributed by atoms with Gasteiger partial charge in [0, 0.05) is 23.2 Å². The zero-order valence-electron chi connectivity index (χ0n) is 15.0. The first-order valence-corrected chi connectivity index (χ1v) is 9.68. The van der Waals surface area contributed by atoms with Gasteiger partial charge in [-0.1, -0.05) is 24.3 Å². The fraction of sp³-hybridized carbons (Fsp3) is 0.350. The number of benzene rings is 2. The van der Waals surface area contributed by atoms with Gasteiger partial charge in [-0.2, -0.15) is 13.2 Å². The highest BCUT2D eigenvalue weighted by atomic mass is 32.2. The van der Waals surface area contributed by atoms with Crippen molar-refractivity contribution in [1.29, 1.82) is 0 Å². The molecule has 1 aliphatic heterocycles. The normalized spacial score (nSPS) is 17.0. The van der Waals surface area contributed by atoms with Crippen LogP contribution in [0.25, 0.3) is 0 Å². The summed E-state index contributed by atoms with van der Waals surface area (Å²) in [4.78, 5) is 14.1. The standard InChI is InChI=1S/C20H20F3NO3S/c21-20(22,23)17-3-1-2-4-18(17)28-16-9-10-24(11-16)19(26)13-27-15-7-5-14(12-25)6-8-15/h1-8,16,25H,9-13H2/t16-/m0/s1. The molecule has 1 saturated heterocycles. The third kappa shape index (κ3) is 5.20. The van der Waals surface area contributed by atoms with Crippen LogP contribution in [-0.4, -0.2) is 40.9 Å². The average Bonchev–Trinajstić information content (AvgIpc) is 3.14. The molecule has 3 rings (SSSR count). The summed E-state index contributed by atoms with van der Waals surface area (Å²) in [6, 6.07) is 12.3. The van der Waals surface area contributed by atoms with Crippen molar-refractivity contribution in [3.63, 3.8) is 0 Å². The number of halogens is 3. The maximum atomic E-state index is 13.1. The van der Waals surface area contributed by atoms with Crippen molar-refractivity contribution >= 4 is 17.7 Å². The number of aliphatic hydroxyl groups is 1. The van der Waals surface area contributed by atoms with Gasteiger partial charge in [0.05, 0.1) is 12.2 Å². The van der Waals surface area contributed by atoms with E-state index < -0.39 is 11.7 Å². The number of rotatable bonds is 6. The Kier molecular flexibility index (Phi) is 6.51. The summed E-state index contributed by atoms with van der Waals surface area (Å²) in [5, 5.41) is 8.93. The highest BCUT2D eigenvalue weighted by Crippen LogP contribution is 2.39. The summed E-state index contributed by atoms with van der Waals surface area (Å²) in [6.07, 6.45) is -3.76. The molecule has 1 heterocycles. The Morgan fingerprint density at radius 1 is 1.18 bits per heavy atom. The smallest absolute Gasteiger partial charge is 0.417 e. The van der Waals surface area contributed by atoms with E-state index in [1.54, 1.807) is 35.2 Å². The number of hydrogen-bond donors (Lipinski definition) is 1. The highest BCUT2D eigenvalue weighted by molar-refractivity contribution is 8.00. The first-order chi connectivity index (χ1) is 13.4. The molecular formula is C20H20F3NO3S. The number of carbonyl (C=O) groups is 1. The lowest BCUT2D eigenvalue weighted by atomic mass is 10.2. The van der Waals surface area contributed by atoms with E-state index in [1.165, 1.54) is 23.9 Å². The van der Waals surface area contributed by atoms with Crippen LogP contribution in [-0.2, 0) is 17.6 Å². The Balaban J connectivity index is 1.53. The summed E-state index contributed by atoms with van der Waals surface area (Å²) in [6.45, 7) is 0.693.